The van der Waals surface area contributed by atoms with Crippen LogP contribution in [0.3, 0.4) is 0 Å². The maximum Gasteiger partial charge on any atom is 0.326 e. The van der Waals surface area contributed by atoms with E-state index in [1.807, 2.05) is 47.6 Å². The summed E-state index contributed by atoms with van der Waals surface area (Å²) in [6, 6.07) is 16.8. The van der Waals surface area contributed by atoms with Gasteiger partial charge in [0.15, 0.2) is 0 Å². The first-order valence-electron chi connectivity index (χ1n) is 13.8. The van der Waals surface area contributed by atoms with Crippen molar-refractivity contribution >= 4 is 52.1 Å². The average molecular weight is 597 g/mol. The van der Waals surface area contributed by atoms with Gasteiger partial charge < -0.3 is 15.7 Å². The minimum Gasteiger partial charge on any atom is -0.480 e. The molecule has 0 aliphatic heterocycles. The fourth-order valence-electron chi connectivity index (χ4n) is 4.55. The largest absolute Gasteiger partial charge is 0.480 e. The second-order valence-corrected chi connectivity index (χ2v) is 12.1. The summed E-state index contributed by atoms with van der Waals surface area (Å²) < 4.78 is 0. The Hall–Kier alpha value is -3.08. The van der Waals surface area contributed by atoms with Crippen molar-refractivity contribution in [3.63, 3.8) is 0 Å². The molecule has 2 amide bonds. The van der Waals surface area contributed by atoms with Crippen molar-refractivity contribution in [1.82, 2.24) is 20.5 Å². The smallest absolute Gasteiger partial charge is 0.326 e. The summed E-state index contributed by atoms with van der Waals surface area (Å²) in [7, 11) is 0. The summed E-state index contributed by atoms with van der Waals surface area (Å²) >= 11 is 3.00. The molecule has 3 N–H and O–H groups in total. The molecule has 3 rings (SSSR count). The van der Waals surface area contributed by atoms with Crippen LogP contribution >= 0.6 is 23.5 Å². The Bertz CT molecular complexity index is 1270. The highest BCUT2D eigenvalue weighted by atomic mass is 32.2. The van der Waals surface area contributed by atoms with Crippen molar-refractivity contribution in [1.29, 1.82) is 0 Å². The molecule has 3 atom stereocenters. The minimum absolute atomic E-state index is 0.0147. The van der Waals surface area contributed by atoms with E-state index in [-0.39, 0.29) is 36.1 Å². The van der Waals surface area contributed by atoms with Gasteiger partial charge in [-0.05, 0) is 52.8 Å². The van der Waals surface area contributed by atoms with Crippen molar-refractivity contribution in [2.45, 2.75) is 50.2 Å². The van der Waals surface area contributed by atoms with Crippen molar-refractivity contribution in [3.8, 4) is 0 Å². The number of benzene rings is 2. The number of aliphatic carboxylic acids is 1. The molecule has 0 saturated heterocycles. The summed E-state index contributed by atoms with van der Waals surface area (Å²) in [5, 5.41) is 17.8. The number of carboxylic acid groups (broad SMARTS) is 1. The summed E-state index contributed by atoms with van der Waals surface area (Å²) in [6.45, 7) is 5.12. The van der Waals surface area contributed by atoms with E-state index < -0.39 is 12.0 Å². The van der Waals surface area contributed by atoms with E-state index in [1.54, 1.807) is 24.2 Å². The molecule has 3 aromatic rings. The van der Waals surface area contributed by atoms with Crippen LogP contribution in [0.25, 0.3) is 10.8 Å². The number of hydrogen-bond donors (Lipinski definition) is 3. The van der Waals surface area contributed by atoms with Gasteiger partial charge in [-0.15, -0.1) is 11.8 Å². The lowest BCUT2D eigenvalue weighted by Crippen LogP contribution is -2.51. The van der Waals surface area contributed by atoms with Crippen LogP contribution in [-0.4, -0.2) is 75.7 Å². The molecule has 8 nitrogen and oxygen atoms in total. The van der Waals surface area contributed by atoms with Gasteiger partial charge in [0, 0.05) is 36.4 Å². The van der Waals surface area contributed by atoms with Crippen molar-refractivity contribution in [2.75, 3.05) is 30.9 Å². The Kier molecular flexibility index (Phi) is 13.5. The predicted octanol–water partition coefficient (Wildman–Crippen LogP) is 4.68. The van der Waals surface area contributed by atoms with Gasteiger partial charge in [0.1, 0.15) is 6.04 Å². The number of amides is 2. The number of carbonyl (C=O) groups excluding carboxylic acids is 2. The number of thioether (sulfide) groups is 2. The molecule has 0 spiro atoms. The monoisotopic (exact) mass is 596 g/mol. The van der Waals surface area contributed by atoms with Crippen LogP contribution in [0.5, 0.6) is 0 Å². The van der Waals surface area contributed by atoms with Crippen LogP contribution in [-0.2, 0) is 20.9 Å². The number of nitrogens with one attached hydrogen (secondary N) is 2. The quantitative estimate of drug-likeness (QED) is 0.193. The number of carbonyl (C=O) groups is 3. The lowest BCUT2D eigenvalue weighted by molar-refractivity contribution is -0.142. The topological polar surface area (TPSA) is 112 Å². The zero-order chi connectivity index (χ0) is 29.6. The first-order chi connectivity index (χ1) is 19.8. The first kappa shape index (κ1) is 32.4. The maximum atomic E-state index is 13.2. The van der Waals surface area contributed by atoms with Gasteiger partial charge in [-0.1, -0.05) is 62.7 Å². The summed E-state index contributed by atoms with van der Waals surface area (Å²) in [5.74, 6) is -0.385. The van der Waals surface area contributed by atoms with Crippen LogP contribution in [0.15, 0.2) is 71.9 Å². The van der Waals surface area contributed by atoms with E-state index in [0.717, 1.165) is 27.7 Å². The molecule has 0 saturated carbocycles. The lowest BCUT2D eigenvalue weighted by atomic mass is 9.97. The fraction of sp³-hybridized carbons (Fsp3) is 0.419. The highest BCUT2D eigenvalue weighted by molar-refractivity contribution is 8.00. The van der Waals surface area contributed by atoms with Crippen molar-refractivity contribution < 1.29 is 19.5 Å². The zero-order valence-corrected chi connectivity index (χ0v) is 25.5. The lowest BCUT2D eigenvalue weighted by Gasteiger charge is -2.31. The molecule has 220 valence electrons. The predicted molar refractivity (Wildman–Crippen MR) is 168 cm³/mol. The Morgan fingerprint density at radius 1 is 1.00 bits per heavy atom. The molecule has 0 aliphatic carbocycles. The standard InChI is InChI=1S/C31H40N4O4S2/c1-4-22(2)28(34-30(37)21-41-25-12-15-32-16-13-25)19-35(20-29(36)33-27(31(38)39)14-17-40-3)18-24-10-7-9-23-8-5-6-11-26(23)24/h5-13,15-16,22,27-28H,4,14,17-21H2,1-3H3,(H,33,36)(H,34,37)(H,38,39). The van der Waals surface area contributed by atoms with E-state index in [4.69, 9.17) is 0 Å². The van der Waals surface area contributed by atoms with Crippen LogP contribution < -0.4 is 10.6 Å². The second-order valence-electron chi connectivity index (χ2n) is 10.1. The van der Waals surface area contributed by atoms with Crippen LogP contribution in [0.1, 0.15) is 32.3 Å². The van der Waals surface area contributed by atoms with Crippen molar-refractivity contribution in [3.05, 3.63) is 72.6 Å². The van der Waals surface area contributed by atoms with Gasteiger partial charge in [0.2, 0.25) is 11.8 Å². The number of nitrogens with zero attached hydrogens (tertiary/aromatic N) is 2. The Morgan fingerprint density at radius 3 is 2.44 bits per heavy atom. The number of pyridine rings is 1. The Balaban J connectivity index is 1.79. The molecule has 2 aromatic carbocycles. The molecule has 3 unspecified atom stereocenters. The Morgan fingerprint density at radius 2 is 1.73 bits per heavy atom. The molecular formula is C31H40N4O4S2. The summed E-state index contributed by atoms with van der Waals surface area (Å²) in [6.07, 6.45) is 6.52. The molecule has 41 heavy (non-hydrogen) atoms. The Labute approximate surface area is 251 Å². The van der Waals surface area contributed by atoms with Crippen molar-refractivity contribution in [2.24, 2.45) is 5.92 Å². The molecule has 0 bridgehead atoms. The molecule has 0 radical (unpaired) electrons. The van der Waals surface area contributed by atoms with E-state index in [9.17, 15) is 19.5 Å². The molecule has 0 aliphatic rings. The molecule has 1 heterocycles. The maximum absolute atomic E-state index is 13.2. The van der Waals surface area contributed by atoms with Gasteiger partial charge in [-0.2, -0.15) is 11.8 Å². The third-order valence-electron chi connectivity index (χ3n) is 7.04. The van der Waals surface area contributed by atoms with Gasteiger partial charge >= 0.3 is 5.97 Å². The molecular weight excluding hydrogens is 556 g/mol. The number of hydrogen-bond acceptors (Lipinski definition) is 7. The highest BCUT2D eigenvalue weighted by Crippen LogP contribution is 2.21. The number of rotatable bonds is 17. The third-order valence-corrected chi connectivity index (χ3v) is 8.69. The van der Waals surface area contributed by atoms with Gasteiger partial charge in [0.05, 0.1) is 12.3 Å². The van der Waals surface area contributed by atoms with Gasteiger partial charge in [0.25, 0.3) is 0 Å². The molecule has 10 heteroatoms. The SMILES string of the molecule is CCC(C)C(CN(CC(=O)NC(CCSC)C(=O)O)Cc1cccc2ccccc12)NC(=O)CSc1ccncc1. The van der Waals surface area contributed by atoms with E-state index in [0.29, 0.717) is 25.3 Å². The minimum atomic E-state index is -1.04. The van der Waals surface area contributed by atoms with E-state index >= 15 is 0 Å². The average Bonchev–Trinajstić information content (AvgIpc) is 2.98. The first-order valence-corrected chi connectivity index (χ1v) is 16.2. The molecule has 0 fully saturated rings. The van der Waals surface area contributed by atoms with Gasteiger partial charge in [-0.25, -0.2) is 4.79 Å². The second kappa shape index (κ2) is 17.0. The van der Waals surface area contributed by atoms with Crippen LogP contribution in [0.4, 0.5) is 0 Å². The normalized spacial score (nSPS) is 13.5. The third kappa shape index (κ3) is 10.7. The number of aromatic nitrogens is 1. The fourth-order valence-corrected chi connectivity index (χ4v) is 5.72. The number of carboxylic acids is 1. The van der Waals surface area contributed by atoms with E-state index in [1.165, 1.54) is 11.8 Å². The molecule has 1 aromatic heterocycles. The summed E-state index contributed by atoms with van der Waals surface area (Å²) in [5.41, 5.74) is 1.07. The van der Waals surface area contributed by atoms with E-state index in [2.05, 4.69) is 47.7 Å². The zero-order valence-electron chi connectivity index (χ0n) is 23.9. The summed E-state index contributed by atoms with van der Waals surface area (Å²) in [4.78, 5) is 44.9. The number of fused-ring (bicyclic) bond motifs is 1. The van der Waals surface area contributed by atoms with Crippen LogP contribution in [0.2, 0.25) is 0 Å². The highest BCUT2D eigenvalue weighted by Gasteiger charge is 2.25. The van der Waals surface area contributed by atoms with Gasteiger partial charge in [-0.3, -0.25) is 19.5 Å². The van der Waals surface area contributed by atoms with Crippen LogP contribution in [0, 0.1) is 5.92 Å².